The largest absolute Gasteiger partial charge is 0.394 e. The van der Waals surface area contributed by atoms with Crippen molar-refractivity contribution < 1.29 is 13.9 Å². The molecule has 9 heteroatoms. The molecule has 0 saturated heterocycles. The third-order valence-corrected chi connectivity index (χ3v) is 4.11. The van der Waals surface area contributed by atoms with Crippen molar-refractivity contribution in [1.82, 2.24) is 25.0 Å². The fourth-order valence-electron chi connectivity index (χ4n) is 2.86. The molecule has 0 atom stereocenters. The second-order valence-electron chi connectivity index (χ2n) is 6.01. The molecule has 1 aromatic carbocycles. The van der Waals surface area contributed by atoms with Crippen LogP contribution in [0.5, 0.6) is 0 Å². The van der Waals surface area contributed by atoms with E-state index < -0.39 is 11.6 Å². The minimum Gasteiger partial charge on any atom is -0.394 e. The summed E-state index contributed by atoms with van der Waals surface area (Å²) in [5, 5.41) is 23.9. The van der Waals surface area contributed by atoms with E-state index in [0.29, 0.717) is 29.4 Å². The number of nitrogens with zero attached hydrogens (tertiary/aromatic N) is 4. The Morgan fingerprint density at radius 3 is 2.89 bits per heavy atom. The molecule has 4 aromatic rings. The van der Waals surface area contributed by atoms with Crippen molar-refractivity contribution in [3.8, 4) is 0 Å². The average molecular weight is 370 g/mol. The lowest BCUT2D eigenvalue weighted by Crippen LogP contribution is -2.04. The van der Waals surface area contributed by atoms with E-state index in [1.807, 2.05) is 0 Å². The molecule has 0 spiro atoms. The van der Waals surface area contributed by atoms with E-state index in [1.165, 1.54) is 6.07 Å². The van der Waals surface area contributed by atoms with Crippen LogP contribution < -0.4 is 5.32 Å². The molecule has 3 aromatic heterocycles. The maximum atomic E-state index is 14.0. The Bertz CT molecular complexity index is 1090. The Labute approximate surface area is 152 Å². The summed E-state index contributed by atoms with van der Waals surface area (Å²) in [7, 11) is 0. The third-order valence-electron chi connectivity index (χ3n) is 4.11. The Morgan fingerprint density at radius 1 is 1.15 bits per heavy atom. The lowest BCUT2D eigenvalue weighted by atomic mass is 10.1. The zero-order valence-electron chi connectivity index (χ0n) is 14.2. The van der Waals surface area contributed by atoms with Crippen molar-refractivity contribution >= 4 is 22.5 Å². The van der Waals surface area contributed by atoms with E-state index in [2.05, 4.69) is 25.6 Å². The predicted octanol–water partition coefficient (Wildman–Crippen LogP) is 2.76. The van der Waals surface area contributed by atoms with Crippen molar-refractivity contribution in [3.63, 3.8) is 0 Å². The third kappa shape index (κ3) is 3.63. The minimum absolute atomic E-state index is 0.0111. The summed E-state index contributed by atoms with van der Waals surface area (Å²) < 4.78 is 29.1. The normalized spacial score (nSPS) is 11.2. The monoisotopic (exact) mass is 370 g/mol. The molecule has 0 aliphatic rings. The van der Waals surface area contributed by atoms with Crippen LogP contribution in [0.3, 0.4) is 0 Å². The first-order valence-electron chi connectivity index (χ1n) is 8.30. The maximum Gasteiger partial charge on any atom is 0.153 e. The molecule has 0 amide bonds. The topological polar surface area (TPSA) is 91.7 Å². The van der Waals surface area contributed by atoms with Crippen LogP contribution in [0, 0.1) is 11.6 Å². The summed E-state index contributed by atoms with van der Waals surface area (Å²) >= 11 is 0. The number of anilines is 2. The molecule has 3 heterocycles. The molecule has 0 aliphatic carbocycles. The SMILES string of the molecule is OCCn1ccc(Nc2cc3[nH]ncc3c(Cc3cc(F)ccc3F)n2)n1. The lowest BCUT2D eigenvalue weighted by Gasteiger charge is -2.08. The van der Waals surface area contributed by atoms with Crippen molar-refractivity contribution in [1.29, 1.82) is 0 Å². The van der Waals surface area contributed by atoms with Gasteiger partial charge in [-0.05, 0) is 23.8 Å². The summed E-state index contributed by atoms with van der Waals surface area (Å²) in [4.78, 5) is 4.53. The number of H-pyrrole nitrogens is 1. The van der Waals surface area contributed by atoms with Gasteiger partial charge in [-0.3, -0.25) is 9.78 Å². The number of rotatable bonds is 6. The number of fused-ring (bicyclic) bond motifs is 1. The number of aliphatic hydroxyl groups is 1. The van der Waals surface area contributed by atoms with Crippen LogP contribution in [0.1, 0.15) is 11.3 Å². The second-order valence-corrected chi connectivity index (χ2v) is 6.01. The van der Waals surface area contributed by atoms with Gasteiger partial charge in [0, 0.05) is 30.1 Å². The smallest absolute Gasteiger partial charge is 0.153 e. The van der Waals surface area contributed by atoms with E-state index in [1.54, 1.807) is 29.2 Å². The first-order valence-corrected chi connectivity index (χ1v) is 8.30. The van der Waals surface area contributed by atoms with Gasteiger partial charge in [0.2, 0.25) is 0 Å². The quantitative estimate of drug-likeness (QED) is 0.485. The van der Waals surface area contributed by atoms with Crippen LogP contribution in [0.25, 0.3) is 10.9 Å². The van der Waals surface area contributed by atoms with Crippen LogP contribution in [0.2, 0.25) is 0 Å². The summed E-state index contributed by atoms with van der Waals surface area (Å²) in [5.41, 5.74) is 1.49. The second kappa shape index (κ2) is 7.12. The Morgan fingerprint density at radius 2 is 2.04 bits per heavy atom. The van der Waals surface area contributed by atoms with Gasteiger partial charge in [0.15, 0.2) is 5.82 Å². The van der Waals surface area contributed by atoms with Gasteiger partial charge in [-0.2, -0.15) is 10.2 Å². The van der Waals surface area contributed by atoms with Gasteiger partial charge in [0.1, 0.15) is 17.5 Å². The summed E-state index contributed by atoms with van der Waals surface area (Å²) in [6.07, 6.45) is 3.46. The number of aromatic amines is 1. The highest BCUT2D eigenvalue weighted by atomic mass is 19.1. The summed E-state index contributed by atoms with van der Waals surface area (Å²) in [6, 6.07) is 6.87. The van der Waals surface area contributed by atoms with Gasteiger partial charge in [0.05, 0.1) is 30.6 Å². The number of nitrogens with one attached hydrogen (secondary N) is 2. The van der Waals surface area contributed by atoms with Crippen molar-refractivity contribution in [2.45, 2.75) is 13.0 Å². The first-order chi connectivity index (χ1) is 13.1. The average Bonchev–Trinajstić information content (AvgIpc) is 3.28. The van der Waals surface area contributed by atoms with Crippen LogP contribution in [0.4, 0.5) is 20.4 Å². The number of pyridine rings is 1. The molecule has 7 nitrogen and oxygen atoms in total. The number of hydrogen-bond acceptors (Lipinski definition) is 5. The Kier molecular flexibility index (Phi) is 4.51. The number of benzene rings is 1. The van der Waals surface area contributed by atoms with E-state index in [9.17, 15) is 8.78 Å². The van der Waals surface area contributed by atoms with Gasteiger partial charge >= 0.3 is 0 Å². The van der Waals surface area contributed by atoms with Crippen LogP contribution in [-0.4, -0.2) is 36.7 Å². The van der Waals surface area contributed by atoms with Crippen LogP contribution in [0.15, 0.2) is 42.7 Å². The fraction of sp³-hybridized carbons (Fsp3) is 0.167. The molecule has 0 unspecified atom stereocenters. The highest BCUT2D eigenvalue weighted by Gasteiger charge is 2.13. The standard InChI is InChI=1S/C18H16F2N6O/c19-12-1-2-14(20)11(7-12)8-15-13-10-21-24-16(13)9-18(22-15)23-17-3-4-26(25-17)5-6-27/h1-4,7,9-10,27H,5-6,8H2,(H,21,24)(H,22,23,25). The van der Waals surface area contributed by atoms with Crippen LogP contribution >= 0.6 is 0 Å². The molecular weight excluding hydrogens is 354 g/mol. The highest BCUT2D eigenvalue weighted by molar-refractivity contribution is 5.83. The molecule has 3 N–H and O–H groups in total. The minimum atomic E-state index is -0.501. The van der Waals surface area contributed by atoms with E-state index in [0.717, 1.165) is 17.5 Å². The molecule has 0 bridgehead atoms. The van der Waals surface area contributed by atoms with Gasteiger partial charge in [-0.1, -0.05) is 0 Å². The van der Waals surface area contributed by atoms with Crippen molar-refractivity contribution in [3.05, 3.63) is 65.6 Å². The molecular formula is C18H16F2N6O. The fourth-order valence-corrected chi connectivity index (χ4v) is 2.86. The number of aliphatic hydroxyl groups excluding tert-OH is 1. The van der Waals surface area contributed by atoms with Gasteiger partial charge < -0.3 is 10.4 Å². The maximum absolute atomic E-state index is 14.0. The molecule has 0 saturated carbocycles. The number of hydrogen-bond donors (Lipinski definition) is 3. The summed E-state index contributed by atoms with van der Waals surface area (Å²) in [6.45, 7) is 0.377. The lowest BCUT2D eigenvalue weighted by molar-refractivity contribution is 0.269. The molecule has 0 fully saturated rings. The Hall–Kier alpha value is -3.33. The van der Waals surface area contributed by atoms with Crippen LogP contribution in [-0.2, 0) is 13.0 Å². The van der Waals surface area contributed by atoms with Crippen molar-refractivity contribution in [2.24, 2.45) is 0 Å². The van der Waals surface area contributed by atoms with E-state index >= 15 is 0 Å². The predicted molar refractivity (Wildman–Crippen MR) is 95.6 cm³/mol. The zero-order chi connectivity index (χ0) is 18.8. The molecule has 0 radical (unpaired) electrons. The molecule has 0 aliphatic heterocycles. The zero-order valence-corrected chi connectivity index (χ0v) is 14.2. The van der Waals surface area contributed by atoms with Gasteiger partial charge in [-0.15, -0.1) is 0 Å². The number of halogens is 2. The van der Waals surface area contributed by atoms with Gasteiger partial charge in [-0.25, -0.2) is 13.8 Å². The summed E-state index contributed by atoms with van der Waals surface area (Å²) in [5.74, 6) is 0.0556. The Balaban J connectivity index is 1.67. The molecule has 4 rings (SSSR count). The highest BCUT2D eigenvalue weighted by Crippen LogP contribution is 2.24. The molecule has 138 valence electrons. The van der Waals surface area contributed by atoms with Crippen molar-refractivity contribution in [2.75, 3.05) is 11.9 Å². The van der Waals surface area contributed by atoms with E-state index in [4.69, 9.17) is 5.11 Å². The molecule has 27 heavy (non-hydrogen) atoms. The van der Waals surface area contributed by atoms with E-state index in [-0.39, 0.29) is 18.6 Å². The first kappa shape index (κ1) is 17.1. The number of aromatic nitrogens is 5. The van der Waals surface area contributed by atoms with Gasteiger partial charge in [0.25, 0.3) is 0 Å².